The van der Waals surface area contributed by atoms with E-state index in [2.05, 4.69) is 0 Å². The lowest BCUT2D eigenvalue weighted by Gasteiger charge is -2.44. The highest BCUT2D eigenvalue weighted by Gasteiger charge is 2.43. The number of fused-ring (bicyclic) bond motifs is 1. The first-order chi connectivity index (χ1) is 14.5. The van der Waals surface area contributed by atoms with E-state index in [9.17, 15) is 9.59 Å². The molecule has 0 radical (unpaired) electrons. The Morgan fingerprint density at radius 3 is 2.50 bits per heavy atom. The summed E-state index contributed by atoms with van der Waals surface area (Å²) in [6.45, 7) is 3.55. The van der Waals surface area contributed by atoms with Crippen molar-refractivity contribution >= 4 is 11.7 Å². The van der Waals surface area contributed by atoms with E-state index >= 15 is 0 Å². The highest BCUT2D eigenvalue weighted by atomic mass is 16.5. The maximum absolute atomic E-state index is 12.7. The van der Waals surface area contributed by atoms with Gasteiger partial charge < -0.3 is 19.1 Å². The average Bonchev–Trinajstić information content (AvgIpc) is 2.75. The van der Waals surface area contributed by atoms with Crippen LogP contribution in [-0.4, -0.2) is 49.0 Å². The van der Waals surface area contributed by atoms with Crippen LogP contribution in [0.3, 0.4) is 0 Å². The second-order valence-corrected chi connectivity index (χ2v) is 8.04. The number of ketones is 1. The Labute approximate surface area is 176 Å². The Hall–Kier alpha value is -3.02. The number of Topliss-reactive ketones (excluding diaryl/α,β-unsaturated/α-hetero) is 1. The van der Waals surface area contributed by atoms with Crippen LogP contribution in [0.2, 0.25) is 0 Å². The minimum absolute atomic E-state index is 0.0708. The van der Waals surface area contributed by atoms with E-state index < -0.39 is 5.60 Å². The Morgan fingerprint density at radius 1 is 1.10 bits per heavy atom. The fourth-order valence-corrected chi connectivity index (χ4v) is 4.09. The number of amides is 1. The maximum atomic E-state index is 12.7. The second-order valence-electron chi connectivity index (χ2n) is 8.04. The summed E-state index contributed by atoms with van der Waals surface area (Å²) >= 11 is 0. The molecule has 6 heteroatoms. The molecule has 1 spiro atoms. The molecule has 0 saturated carbocycles. The Bertz CT molecular complexity index is 929. The summed E-state index contributed by atoms with van der Waals surface area (Å²) in [5.41, 5.74) is 1.23. The molecular formula is C24H27NO5. The molecule has 30 heavy (non-hydrogen) atoms. The Morgan fingerprint density at radius 2 is 1.80 bits per heavy atom. The van der Waals surface area contributed by atoms with Crippen LogP contribution in [0, 0.1) is 6.92 Å². The van der Waals surface area contributed by atoms with Gasteiger partial charge in [-0.1, -0.05) is 17.7 Å². The molecule has 2 aliphatic heterocycles. The molecule has 2 aromatic carbocycles. The van der Waals surface area contributed by atoms with Crippen molar-refractivity contribution in [2.45, 2.75) is 38.2 Å². The lowest BCUT2D eigenvalue weighted by Crippen LogP contribution is -2.52. The first-order valence-corrected chi connectivity index (χ1v) is 10.4. The van der Waals surface area contributed by atoms with Crippen LogP contribution in [0.5, 0.6) is 17.2 Å². The monoisotopic (exact) mass is 409 g/mol. The summed E-state index contributed by atoms with van der Waals surface area (Å²) in [4.78, 5) is 27.1. The molecule has 1 amide bonds. The van der Waals surface area contributed by atoms with Gasteiger partial charge in [0.15, 0.2) is 5.78 Å². The summed E-state index contributed by atoms with van der Waals surface area (Å²) in [7, 11) is 1.58. The molecule has 1 fully saturated rings. The van der Waals surface area contributed by atoms with Gasteiger partial charge in [-0.05, 0) is 37.3 Å². The van der Waals surface area contributed by atoms with Crippen LogP contribution in [0.25, 0.3) is 0 Å². The summed E-state index contributed by atoms with van der Waals surface area (Å²) in [5, 5.41) is 0. The minimum atomic E-state index is -0.520. The lowest BCUT2D eigenvalue weighted by atomic mass is 9.82. The van der Waals surface area contributed by atoms with Gasteiger partial charge in [0.2, 0.25) is 5.91 Å². The largest absolute Gasteiger partial charge is 0.497 e. The number of carbonyl (C=O) groups is 2. The van der Waals surface area contributed by atoms with E-state index in [4.69, 9.17) is 14.2 Å². The lowest BCUT2D eigenvalue weighted by molar-refractivity contribution is -0.135. The van der Waals surface area contributed by atoms with Crippen LogP contribution >= 0.6 is 0 Å². The molecule has 0 bridgehead atoms. The third-order valence-electron chi connectivity index (χ3n) is 5.93. The van der Waals surface area contributed by atoms with Gasteiger partial charge in [0.1, 0.15) is 22.8 Å². The summed E-state index contributed by atoms with van der Waals surface area (Å²) in [6.07, 6.45) is 1.97. The molecule has 0 N–H and O–H groups in total. The van der Waals surface area contributed by atoms with Crippen molar-refractivity contribution in [1.29, 1.82) is 0 Å². The number of rotatable bonds is 5. The fraction of sp³-hybridized carbons (Fsp3) is 0.417. The Kier molecular flexibility index (Phi) is 5.66. The number of benzene rings is 2. The van der Waals surface area contributed by atoms with Crippen LogP contribution in [0.1, 0.15) is 41.6 Å². The van der Waals surface area contributed by atoms with E-state index in [0.29, 0.717) is 62.4 Å². The van der Waals surface area contributed by atoms with Crippen LogP contribution in [0.15, 0.2) is 42.5 Å². The van der Waals surface area contributed by atoms with Gasteiger partial charge in [-0.2, -0.15) is 0 Å². The number of ether oxygens (including phenoxy) is 3. The molecule has 2 aromatic rings. The Balaban J connectivity index is 1.30. The van der Waals surface area contributed by atoms with E-state index in [-0.39, 0.29) is 11.7 Å². The number of piperidine rings is 1. The van der Waals surface area contributed by atoms with Crippen molar-refractivity contribution in [3.8, 4) is 17.2 Å². The number of likely N-dealkylation sites (tertiary alicyclic amines) is 1. The molecule has 1 saturated heterocycles. The molecule has 2 aliphatic rings. The summed E-state index contributed by atoms with van der Waals surface area (Å²) < 4.78 is 17.2. The van der Waals surface area contributed by atoms with E-state index in [1.54, 1.807) is 25.3 Å². The average molecular weight is 409 g/mol. The number of nitrogens with zero attached hydrogens (tertiary/aromatic N) is 1. The number of hydrogen-bond donors (Lipinski definition) is 0. The normalized spacial score (nSPS) is 17.3. The number of aryl methyl sites for hydroxylation is 1. The van der Waals surface area contributed by atoms with Crippen LogP contribution in [-0.2, 0) is 4.79 Å². The van der Waals surface area contributed by atoms with Crippen molar-refractivity contribution in [2.75, 3.05) is 26.8 Å². The van der Waals surface area contributed by atoms with Crippen molar-refractivity contribution in [3.05, 3.63) is 53.6 Å². The standard InChI is InChI=1S/C24H27NO5/c1-17-3-5-18(6-4-17)29-14-9-23(27)25-12-10-24(11-13-25)16-21(26)20-15-19(28-2)7-8-22(20)30-24/h3-8,15H,9-14,16H2,1-2H3. The summed E-state index contributed by atoms with van der Waals surface area (Å²) in [6, 6.07) is 13.1. The predicted molar refractivity (Wildman–Crippen MR) is 112 cm³/mol. The zero-order valence-corrected chi connectivity index (χ0v) is 17.5. The zero-order valence-electron chi connectivity index (χ0n) is 17.5. The van der Waals surface area contributed by atoms with E-state index in [1.807, 2.05) is 36.1 Å². The molecule has 4 rings (SSSR count). The van der Waals surface area contributed by atoms with Gasteiger partial charge >= 0.3 is 0 Å². The third kappa shape index (κ3) is 4.27. The first-order valence-electron chi connectivity index (χ1n) is 10.4. The first kappa shape index (κ1) is 20.3. The molecule has 0 aliphatic carbocycles. The van der Waals surface area contributed by atoms with Gasteiger partial charge in [-0.25, -0.2) is 0 Å². The molecule has 0 atom stereocenters. The summed E-state index contributed by atoms with van der Waals surface area (Å²) in [5.74, 6) is 2.18. The molecule has 0 aromatic heterocycles. The van der Waals surface area contributed by atoms with Gasteiger partial charge in [0, 0.05) is 25.9 Å². The van der Waals surface area contributed by atoms with Crippen LogP contribution in [0.4, 0.5) is 0 Å². The number of methoxy groups -OCH3 is 1. The molecular weight excluding hydrogens is 382 g/mol. The highest BCUT2D eigenvalue weighted by Crippen LogP contribution is 2.40. The van der Waals surface area contributed by atoms with E-state index in [1.165, 1.54) is 5.56 Å². The van der Waals surface area contributed by atoms with Crippen molar-refractivity contribution in [2.24, 2.45) is 0 Å². The van der Waals surface area contributed by atoms with Gasteiger partial charge in [-0.3, -0.25) is 9.59 Å². The van der Waals surface area contributed by atoms with E-state index in [0.717, 1.165) is 5.75 Å². The van der Waals surface area contributed by atoms with Gasteiger partial charge in [-0.15, -0.1) is 0 Å². The minimum Gasteiger partial charge on any atom is -0.497 e. The maximum Gasteiger partial charge on any atom is 0.226 e. The number of carbonyl (C=O) groups excluding carboxylic acids is 2. The topological polar surface area (TPSA) is 65.1 Å². The van der Waals surface area contributed by atoms with Gasteiger partial charge in [0.05, 0.1) is 32.1 Å². The smallest absolute Gasteiger partial charge is 0.226 e. The molecule has 0 unspecified atom stereocenters. The van der Waals surface area contributed by atoms with Crippen molar-refractivity contribution < 1.29 is 23.8 Å². The predicted octanol–water partition coefficient (Wildman–Crippen LogP) is 3.80. The fourth-order valence-electron chi connectivity index (χ4n) is 4.09. The quantitative estimate of drug-likeness (QED) is 0.752. The molecule has 158 valence electrons. The number of hydrogen-bond acceptors (Lipinski definition) is 5. The second kappa shape index (κ2) is 8.38. The molecule has 2 heterocycles. The zero-order chi connectivity index (χ0) is 21.1. The third-order valence-corrected chi connectivity index (χ3v) is 5.93. The van der Waals surface area contributed by atoms with Crippen molar-refractivity contribution in [1.82, 2.24) is 4.90 Å². The highest BCUT2D eigenvalue weighted by molar-refractivity contribution is 6.00. The van der Waals surface area contributed by atoms with Crippen LogP contribution < -0.4 is 14.2 Å². The van der Waals surface area contributed by atoms with Crippen molar-refractivity contribution in [3.63, 3.8) is 0 Å². The van der Waals surface area contributed by atoms with Gasteiger partial charge in [0.25, 0.3) is 0 Å². The SMILES string of the molecule is COc1ccc2c(c1)C(=O)CC1(CCN(C(=O)CCOc3ccc(C)cc3)CC1)O2. The molecule has 6 nitrogen and oxygen atoms in total.